The molecule has 5 atom stereocenters. The van der Waals surface area contributed by atoms with Gasteiger partial charge in [0.1, 0.15) is 5.82 Å². The van der Waals surface area contributed by atoms with Crippen LogP contribution in [0.2, 0.25) is 5.02 Å². The van der Waals surface area contributed by atoms with Gasteiger partial charge in [-0.1, -0.05) is 78.7 Å². The minimum atomic E-state index is -1.19. The van der Waals surface area contributed by atoms with E-state index >= 15 is 0 Å². The number of carbonyl (C=O) groups is 1. The van der Waals surface area contributed by atoms with Crippen molar-refractivity contribution < 1.29 is 29.6 Å². The molecule has 0 radical (unpaired) electrons. The molecule has 6 nitrogen and oxygen atoms in total. The Morgan fingerprint density at radius 1 is 1.08 bits per heavy atom. The maximum Gasteiger partial charge on any atom is 0.167 e. The highest BCUT2D eigenvalue weighted by atomic mass is 35.5. The van der Waals surface area contributed by atoms with Crippen LogP contribution in [0, 0.1) is 11.2 Å². The Morgan fingerprint density at radius 2 is 1.85 bits per heavy atom. The number of hydrogen-bond acceptors (Lipinski definition) is 6. The lowest BCUT2D eigenvalue weighted by atomic mass is 9.64. The second-order valence-electron chi connectivity index (χ2n) is 14.2. The number of carbonyl (C=O) groups excluding carboxylic acids is 1. The summed E-state index contributed by atoms with van der Waals surface area (Å²) in [7, 11) is 0. The van der Waals surface area contributed by atoms with Crippen LogP contribution in [0.5, 0.6) is 0 Å². The zero-order valence-corrected chi connectivity index (χ0v) is 28.8. The summed E-state index contributed by atoms with van der Waals surface area (Å²) in [6, 6.07) is 20.1. The van der Waals surface area contributed by atoms with Crippen molar-refractivity contribution in [1.82, 2.24) is 4.90 Å². The third-order valence-electron chi connectivity index (χ3n) is 10.8. The van der Waals surface area contributed by atoms with Gasteiger partial charge >= 0.3 is 0 Å². The summed E-state index contributed by atoms with van der Waals surface area (Å²) in [6.45, 7) is 4.76. The van der Waals surface area contributed by atoms with E-state index in [1.54, 1.807) is 6.07 Å². The average molecular weight is 678 g/mol. The van der Waals surface area contributed by atoms with Gasteiger partial charge in [0.15, 0.2) is 5.78 Å². The molecule has 6 rings (SSSR count). The smallest absolute Gasteiger partial charge is 0.167 e. The van der Waals surface area contributed by atoms with Crippen molar-refractivity contribution in [3.8, 4) is 0 Å². The molecule has 3 aliphatic carbocycles. The van der Waals surface area contributed by atoms with Gasteiger partial charge in [-0.2, -0.15) is 0 Å². The molecule has 3 aromatic carbocycles. The van der Waals surface area contributed by atoms with Crippen LogP contribution in [0.3, 0.4) is 0 Å². The fraction of sp³-hybridized carbons (Fsp3) is 0.475. The SMILES string of the molecule is CC1=CCCC2(C)C(CCC2(O)CN(Cc2ccccc2)CC(O)CO)c2ccc(cc2C(=O)Cc2c(F)cccc2Cl)CC(O)CC1. The quantitative estimate of drug-likeness (QED) is 0.139. The Bertz CT molecular complexity index is 1580. The number of fused-ring (bicyclic) bond motifs is 8. The number of aliphatic hydroxyl groups excluding tert-OH is 3. The van der Waals surface area contributed by atoms with Crippen molar-refractivity contribution >= 4 is 17.4 Å². The van der Waals surface area contributed by atoms with Crippen LogP contribution >= 0.6 is 11.6 Å². The Balaban J connectivity index is 1.57. The Labute approximate surface area is 288 Å². The molecule has 4 N–H and O–H groups in total. The first kappa shape index (κ1) is 36.4. The molecule has 1 saturated carbocycles. The first-order valence-electron chi connectivity index (χ1n) is 17.1. The molecule has 8 heteroatoms. The molecule has 48 heavy (non-hydrogen) atoms. The van der Waals surface area contributed by atoms with E-state index in [4.69, 9.17) is 11.6 Å². The van der Waals surface area contributed by atoms with Crippen LogP contribution in [-0.2, 0) is 19.4 Å². The largest absolute Gasteiger partial charge is 0.394 e. The normalized spacial score (nSPS) is 25.4. The summed E-state index contributed by atoms with van der Waals surface area (Å²) < 4.78 is 14.9. The second kappa shape index (κ2) is 15.8. The minimum absolute atomic E-state index is 0.153. The van der Waals surface area contributed by atoms with Crippen LogP contribution < -0.4 is 0 Å². The lowest BCUT2D eigenvalue weighted by Crippen LogP contribution is -2.53. The fourth-order valence-corrected chi connectivity index (χ4v) is 8.18. The van der Waals surface area contributed by atoms with Gasteiger partial charge in [0.05, 0.1) is 24.4 Å². The third-order valence-corrected chi connectivity index (χ3v) is 11.1. The Morgan fingerprint density at radius 3 is 2.58 bits per heavy atom. The summed E-state index contributed by atoms with van der Waals surface area (Å²) in [5.74, 6) is -0.989. The number of rotatable bonds is 10. The van der Waals surface area contributed by atoms with E-state index in [1.165, 1.54) is 17.7 Å². The number of benzene rings is 3. The standard InChI is InChI=1S/C40H49ClFNO5/c1-27-8-7-18-39(2)35(17-19-40(39,48)26-43(24-31(46)25-44)23-28-9-4-3-5-10-28)32-16-14-29(20-30(45)15-13-27)21-33(32)38(47)22-34-36(41)11-6-12-37(34)42/h3-6,8-12,14,16,21,30-31,35,44-46,48H,7,13,15,17-20,22-26H2,1-2H3. The highest BCUT2D eigenvalue weighted by molar-refractivity contribution is 6.31. The Kier molecular flexibility index (Phi) is 11.9. The predicted octanol–water partition coefficient (Wildman–Crippen LogP) is 6.80. The van der Waals surface area contributed by atoms with Crippen molar-refractivity contribution in [2.24, 2.45) is 5.41 Å². The molecule has 5 unspecified atom stereocenters. The van der Waals surface area contributed by atoms with Crippen molar-refractivity contribution in [1.29, 1.82) is 0 Å². The molecule has 2 bridgehead atoms. The lowest BCUT2D eigenvalue weighted by molar-refractivity contribution is -0.0907. The molecule has 0 saturated heterocycles. The van der Waals surface area contributed by atoms with Gasteiger partial charge < -0.3 is 20.4 Å². The molecule has 258 valence electrons. The Hall–Kier alpha value is -2.91. The van der Waals surface area contributed by atoms with E-state index < -0.39 is 29.0 Å². The molecule has 3 aromatic rings. The number of Topliss-reactive ketones (excluding diaryl/α,β-unsaturated/α-hetero) is 1. The highest BCUT2D eigenvalue weighted by Gasteiger charge is 2.57. The van der Waals surface area contributed by atoms with Gasteiger partial charge in [0.2, 0.25) is 0 Å². The minimum Gasteiger partial charge on any atom is -0.394 e. The summed E-state index contributed by atoms with van der Waals surface area (Å²) in [5, 5.41) is 44.1. The second-order valence-corrected chi connectivity index (χ2v) is 14.6. The first-order valence-corrected chi connectivity index (χ1v) is 17.5. The number of allylic oxidation sites excluding steroid dienone is 2. The number of hydrogen-bond donors (Lipinski definition) is 4. The monoisotopic (exact) mass is 677 g/mol. The van der Waals surface area contributed by atoms with Gasteiger partial charge in [-0.05, 0) is 92.7 Å². The van der Waals surface area contributed by atoms with Crippen LogP contribution in [-0.4, -0.2) is 68.6 Å². The van der Waals surface area contributed by atoms with Crippen LogP contribution in [0.25, 0.3) is 0 Å². The zero-order valence-electron chi connectivity index (χ0n) is 28.0. The highest BCUT2D eigenvalue weighted by Crippen LogP contribution is 2.59. The van der Waals surface area contributed by atoms with Gasteiger partial charge in [-0.25, -0.2) is 4.39 Å². The fourth-order valence-electron chi connectivity index (χ4n) is 7.95. The topological polar surface area (TPSA) is 101 Å². The summed E-state index contributed by atoms with van der Waals surface area (Å²) in [6.07, 6.45) is 4.63. The summed E-state index contributed by atoms with van der Waals surface area (Å²) >= 11 is 6.36. The van der Waals surface area contributed by atoms with Crippen LogP contribution in [0.1, 0.15) is 90.9 Å². The molecule has 3 aliphatic rings. The van der Waals surface area contributed by atoms with E-state index in [9.17, 15) is 29.6 Å². The van der Waals surface area contributed by atoms with E-state index in [1.807, 2.05) is 53.4 Å². The predicted molar refractivity (Wildman–Crippen MR) is 188 cm³/mol. The van der Waals surface area contributed by atoms with Gasteiger partial charge in [-0.15, -0.1) is 0 Å². The number of halogens is 2. The number of ketones is 1. The van der Waals surface area contributed by atoms with Crippen molar-refractivity contribution in [3.05, 3.63) is 117 Å². The van der Waals surface area contributed by atoms with Crippen LogP contribution in [0.15, 0.2) is 78.4 Å². The number of nitrogens with zero attached hydrogens (tertiary/aromatic N) is 1. The van der Waals surface area contributed by atoms with E-state index in [0.717, 1.165) is 23.1 Å². The van der Waals surface area contributed by atoms with Gasteiger partial charge in [-0.3, -0.25) is 9.69 Å². The molecule has 0 amide bonds. The molecule has 0 heterocycles. The van der Waals surface area contributed by atoms with E-state index in [0.29, 0.717) is 50.6 Å². The molecular formula is C40H49ClFNO5. The molecule has 0 aliphatic heterocycles. The summed E-state index contributed by atoms with van der Waals surface area (Å²) in [5.41, 5.74) is 2.62. The lowest BCUT2D eigenvalue weighted by Gasteiger charge is -2.46. The molecule has 1 fully saturated rings. The first-order chi connectivity index (χ1) is 22.9. The van der Waals surface area contributed by atoms with Crippen molar-refractivity contribution in [2.75, 3.05) is 19.7 Å². The molecule has 0 spiro atoms. The average Bonchev–Trinajstić information content (AvgIpc) is 3.30. The van der Waals surface area contributed by atoms with E-state index in [2.05, 4.69) is 19.9 Å². The van der Waals surface area contributed by atoms with Crippen molar-refractivity contribution in [2.45, 2.75) is 95.5 Å². The number of aliphatic hydroxyl groups is 4. The molecular weight excluding hydrogens is 629 g/mol. The maximum absolute atomic E-state index is 14.9. The van der Waals surface area contributed by atoms with Gasteiger partial charge in [0, 0.05) is 47.6 Å². The zero-order chi connectivity index (χ0) is 34.5. The van der Waals surface area contributed by atoms with Crippen molar-refractivity contribution in [3.63, 3.8) is 0 Å². The maximum atomic E-state index is 14.9. The summed E-state index contributed by atoms with van der Waals surface area (Å²) in [4.78, 5) is 16.2. The van der Waals surface area contributed by atoms with Gasteiger partial charge in [0.25, 0.3) is 0 Å². The van der Waals surface area contributed by atoms with Crippen LogP contribution in [0.4, 0.5) is 4.39 Å². The van der Waals surface area contributed by atoms with E-state index in [-0.39, 0.29) is 48.4 Å². The molecule has 0 aromatic heterocycles. The third kappa shape index (κ3) is 8.27.